The van der Waals surface area contributed by atoms with Crippen LogP contribution in [0.15, 0.2) is 36.7 Å². The van der Waals surface area contributed by atoms with Crippen LogP contribution in [0.2, 0.25) is 0 Å². The normalized spacial score (nSPS) is 26.3. The maximum absolute atomic E-state index is 4.31. The van der Waals surface area contributed by atoms with Crippen LogP contribution in [0.5, 0.6) is 0 Å². The van der Waals surface area contributed by atoms with E-state index in [1.807, 2.05) is 17.9 Å². The van der Waals surface area contributed by atoms with E-state index in [0.29, 0.717) is 23.9 Å². The van der Waals surface area contributed by atoms with E-state index < -0.39 is 0 Å². The van der Waals surface area contributed by atoms with E-state index in [9.17, 15) is 0 Å². The van der Waals surface area contributed by atoms with Crippen molar-refractivity contribution < 1.29 is 0 Å². The van der Waals surface area contributed by atoms with E-state index >= 15 is 0 Å². The fourth-order valence-corrected chi connectivity index (χ4v) is 4.69. The molecule has 2 aromatic rings. The summed E-state index contributed by atoms with van der Waals surface area (Å²) < 4.78 is 1.90. The average Bonchev–Trinajstić information content (AvgIpc) is 3.21. The van der Waals surface area contributed by atoms with E-state index in [2.05, 4.69) is 66.3 Å². The van der Waals surface area contributed by atoms with Crippen LogP contribution < -0.4 is 0 Å². The number of aryl methyl sites for hydroxylation is 1. The Morgan fingerprint density at radius 3 is 2.62 bits per heavy atom. The average molecular weight is 324 g/mol. The van der Waals surface area contributed by atoms with Gasteiger partial charge in [0.05, 0.1) is 6.20 Å². The van der Waals surface area contributed by atoms with Crippen molar-refractivity contribution in [3.8, 4) is 0 Å². The molecule has 0 unspecified atom stereocenters. The molecule has 1 saturated heterocycles. The molecule has 1 aromatic heterocycles. The fourth-order valence-electron chi connectivity index (χ4n) is 4.69. The molecule has 1 fully saturated rings. The number of hydrogen-bond acceptors (Lipinski definition) is 3. The van der Waals surface area contributed by atoms with Crippen molar-refractivity contribution in [1.29, 1.82) is 0 Å². The van der Waals surface area contributed by atoms with E-state index in [0.717, 1.165) is 6.54 Å². The first-order valence-electron chi connectivity index (χ1n) is 9.05. The Kier molecular flexibility index (Phi) is 3.97. The van der Waals surface area contributed by atoms with Crippen molar-refractivity contribution in [1.82, 2.24) is 19.6 Å². The van der Waals surface area contributed by atoms with Crippen LogP contribution in [0.25, 0.3) is 0 Å². The first kappa shape index (κ1) is 15.9. The summed E-state index contributed by atoms with van der Waals surface area (Å²) in [5, 5.41) is 4.31. The molecule has 1 aromatic carbocycles. The lowest BCUT2D eigenvalue weighted by atomic mass is 9.93. The van der Waals surface area contributed by atoms with Crippen LogP contribution in [-0.2, 0) is 13.6 Å². The van der Waals surface area contributed by atoms with Gasteiger partial charge in [-0.05, 0) is 37.9 Å². The zero-order valence-electron chi connectivity index (χ0n) is 15.2. The molecule has 24 heavy (non-hydrogen) atoms. The Bertz CT molecular complexity index is 720. The third-order valence-electron chi connectivity index (χ3n) is 5.98. The van der Waals surface area contributed by atoms with Crippen molar-refractivity contribution in [2.45, 2.75) is 38.4 Å². The van der Waals surface area contributed by atoms with Gasteiger partial charge in [-0.3, -0.25) is 14.5 Å². The third-order valence-corrected chi connectivity index (χ3v) is 5.98. The number of fused-ring (bicyclic) bond motifs is 3. The predicted molar refractivity (Wildman–Crippen MR) is 96.8 cm³/mol. The predicted octanol–water partition coefficient (Wildman–Crippen LogP) is 3.03. The Balaban J connectivity index is 1.59. The van der Waals surface area contributed by atoms with Crippen LogP contribution in [0.4, 0.5) is 0 Å². The van der Waals surface area contributed by atoms with Gasteiger partial charge in [-0.1, -0.05) is 24.3 Å². The molecule has 0 saturated carbocycles. The van der Waals surface area contributed by atoms with Crippen molar-refractivity contribution in [3.05, 3.63) is 53.3 Å². The third kappa shape index (κ3) is 2.58. The van der Waals surface area contributed by atoms with Gasteiger partial charge in [0, 0.05) is 56.4 Å². The monoisotopic (exact) mass is 324 g/mol. The molecule has 2 heterocycles. The van der Waals surface area contributed by atoms with Crippen molar-refractivity contribution in [2.24, 2.45) is 13.0 Å². The second-order valence-corrected chi connectivity index (χ2v) is 7.82. The molecular weight excluding hydrogens is 296 g/mol. The minimum absolute atomic E-state index is 0.546. The molecule has 0 amide bonds. The van der Waals surface area contributed by atoms with Gasteiger partial charge in [0.1, 0.15) is 0 Å². The van der Waals surface area contributed by atoms with Gasteiger partial charge in [0.25, 0.3) is 0 Å². The SMILES string of the molecule is CC(C)N(C)[C@H]1c2ccccc2[C@@H]2CN(Cc3cnn(C)c3)C[C@@H]21. The fraction of sp³-hybridized carbons (Fsp3) is 0.550. The van der Waals surface area contributed by atoms with E-state index in [1.54, 1.807) is 11.1 Å². The highest BCUT2D eigenvalue weighted by atomic mass is 15.3. The first-order chi connectivity index (χ1) is 11.5. The summed E-state index contributed by atoms with van der Waals surface area (Å²) >= 11 is 0. The largest absolute Gasteiger partial charge is 0.298 e. The zero-order valence-corrected chi connectivity index (χ0v) is 15.2. The van der Waals surface area contributed by atoms with E-state index in [4.69, 9.17) is 0 Å². The van der Waals surface area contributed by atoms with Gasteiger partial charge in [-0.2, -0.15) is 5.10 Å². The summed E-state index contributed by atoms with van der Waals surface area (Å²) in [5.74, 6) is 1.37. The van der Waals surface area contributed by atoms with Crippen molar-refractivity contribution >= 4 is 0 Å². The topological polar surface area (TPSA) is 24.3 Å². The molecule has 0 radical (unpaired) electrons. The lowest BCUT2D eigenvalue weighted by molar-refractivity contribution is 0.145. The van der Waals surface area contributed by atoms with E-state index in [-0.39, 0.29) is 0 Å². The summed E-state index contributed by atoms with van der Waals surface area (Å²) in [4.78, 5) is 5.18. The number of nitrogens with zero attached hydrogens (tertiary/aromatic N) is 4. The highest BCUT2D eigenvalue weighted by Crippen LogP contribution is 2.51. The van der Waals surface area contributed by atoms with Crippen LogP contribution >= 0.6 is 0 Å². The molecule has 1 aliphatic heterocycles. The van der Waals surface area contributed by atoms with Crippen LogP contribution in [-0.4, -0.2) is 45.8 Å². The van der Waals surface area contributed by atoms with Crippen molar-refractivity contribution in [2.75, 3.05) is 20.1 Å². The maximum Gasteiger partial charge on any atom is 0.0534 e. The molecule has 2 aliphatic rings. The molecule has 0 bridgehead atoms. The van der Waals surface area contributed by atoms with Crippen LogP contribution in [0, 0.1) is 5.92 Å². The summed E-state index contributed by atoms with van der Waals surface area (Å²) in [6, 6.07) is 10.2. The van der Waals surface area contributed by atoms with Crippen molar-refractivity contribution in [3.63, 3.8) is 0 Å². The lowest BCUT2D eigenvalue weighted by Crippen LogP contribution is -2.35. The van der Waals surface area contributed by atoms with Gasteiger partial charge < -0.3 is 0 Å². The number of benzene rings is 1. The second-order valence-electron chi connectivity index (χ2n) is 7.82. The van der Waals surface area contributed by atoms with Gasteiger partial charge >= 0.3 is 0 Å². The number of hydrogen-bond donors (Lipinski definition) is 0. The quantitative estimate of drug-likeness (QED) is 0.864. The highest BCUT2D eigenvalue weighted by Gasteiger charge is 2.47. The van der Waals surface area contributed by atoms with Gasteiger partial charge in [-0.25, -0.2) is 0 Å². The first-order valence-corrected chi connectivity index (χ1v) is 9.05. The zero-order chi connectivity index (χ0) is 16.8. The Labute approximate surface area is 145 Å². The molecule has 4 nitrogen and oxygen atoms in total. The summed E-state index contributed by atoms with van der Waals surface area (Å²) in [6.45, 7) is 7.96. The number of rotatable bonds is 4. The van der Waals surface area contributed by atoms with Gasteiger partial charge in [0.15, 0.2) is 0 Å². The minimum Gasteiger partial charge on any atom is -0.298 e. The lowest BCUT2D eigenvalue weighted by Gasteiger charge is -2.33. The molecule has 0 spiro atoms. The number of likely N-dealkylation sites (tertiary alicyclic amines) is 1. The van der Waals surface area contributed by atoms with Gasteiger partial charge in [-0.15, -0.1) is 0 Å². The summed E-state index contributed by atoms with van der Waals surface area (Å²) in [6.07, 6.45) is 4.14. The summed E-state index contributed by atoms with van der Waals surface area (Å²) in [5.41, 5.74) is 4.46. The standard InChI is InChI=1S/C20H28N4/c1-14(2)23(4)20-17-8-6-5-7-16(17)18-12-24(13-19(18)20)11-15-9-21-22(3)10-15/h5-10,14,18-20H,11-13H2,1-4H3/t18-,19-,20-/m0/s1. The smallest absolute Gasteiger partial charge is 0.0534 e. The molecule has 4 rings (SSSR count). The second kappa shape index (κ2) is 6.01. The highest BCUT2D eigenvalue weighted by molar-refractivity contribution is 5.41. The molecule has 0 N–H and O–H groups in total. The Morgan fingerprint density at radius 1 is 1.21 bits per heavy atom. The molecule has 3 atom stereocenters. The van der Waals surface area contributed by atoms with Gasteiger partial charge in [0.2, 0.25) is 0 Å². The number of aromatic nitrogens is 2. The Hall–Kier alpha value is -1.65. The molecular formula is C20H28N4. The van der Waals surface area contributed by atoms with E-state index in [1.165, 1.54) is 18.7 Å². The molecule has 4 heteroatoms. The maximum atomic E-state index is 4.31. The summed E-state index contributed by atoms with van der Waals surface area (Å²) in [7, 11) is 4.28. The molecule has 1 aliphatic carbocycles. The minimum atomic E-state index is 0.546. The van der Waals surface area contributed by atoms with Crippen LogP contribution in [0.3, 0.4) is 0 Å². The molecule has 128 valence electrons. The Morgan fingerprint density at radius 2 is 1.96 bits per heavy atom. The van der Waals surface area contributed by atoms with Crippen LogP contribution in [0.1, 0.15) is 42.5 Å².